The summed E-state index contributed by atoms with van der Waals surface area (Å²) in [4.78, 5) is 2.19. The van der Waals surface area contributed by atoms with Gasteiger partial charge in [-0.05, 0) is 62.2 Å². The van der Waals surface area contributed by atoms with E-state index in [4.69, 9.17) is 22.2 Å². The molecule has 1 aliphatic heterocycles. The molecule has 0 saturated carbocycles. The Morgan fingerprint density at radius 2 is 2.38 bits per heavy atom. The number of benzene rings is 1. The fourth-order valence-electron chi connectivity index (χ4n) is 2.87. The molecule has 0 radical (unpaired) electrons. The van der Waals surface area contributed by atoms with Crippen LogP contribution in [0.1, 0.15) is 37.3 Å². The summed E-state index contributed by atoms with van der Waals surface area (Å²) in [6.45, 7) is 7.32. The Hall–Kier alpha value is -2.17. The number of rotatable bonds is 8. The number of nitrogens with zero attached hydrogens (tertiary/aromatic N) is 3. The number of aryl methyl sites for hydroxylation is 1. The second-order valence-corrected chi connectivity index (χ2v) is 6.65. The van der Waals surface area contributed by atoms with Crippen LogP contribution in [-0.2, 0) is 4.74 Å². The van der Waals surface area contributed by atoms with Crippen LogP contribution in [0.3, 0.4) is 0 Å². The highest BCUT2D eigenvalue weighted by molar-refractivity contribution is 7.80. The molecule has 0 unspecified atom stereocenters. The van der Waals surface area contributed by atoms with Gasteiger partial charge < -0.3 is 15.0 Å². The van der Waals surface area contributed by atoms with Crippen molar-refractivity contribution in [3.05, 3.63) is 29.3 Å². The van der Waals surface area contributed by atoms with Gasteiger partial charge in [0.15, 0.2) is 5.11 Å². The van der Waals surface area contributed by atoms with Crippen LogP contribution in [0.2, 0.25) is 0 Å². The highest BCUT2D eigenvalue weighted by Gasteiger charge is 2.15. The Bertz CT molecular complexity index is 664. The van der Waals surface area contributed by atoms with Gasteiger partial charge in [-0.2, -0.15) is 10.4 Å². The molecule has 0 bridgehead atoms. The van der Waals surface area contributed by atoms with Gasteiger partial charge in [0.1, 0.15) is 0 Å². The summed E-state index contributed by atoms with van der Waals surface area (Å²) in [6.07, 6.45) is 4.73. The Morgan fingerprint density at radius 3 is 3.04 bits per heavy atom. The number of nitriles is 1. The molecule has 140 valence electrons. The maximum absolute atomic E-state index is 8.77. The van der Waals surface area contributed by atoms with Crippen LogP contribution in [0, 0.1) is 18.3 Å². The molecule has 2 rings (SSSR count). The zero-order valence-corrected chi connectivity index (χ0v) is 16.3. The van der Waals surface area contributed by atoms with E-state index in [1.54, 1.807) is 6.21 Å². The Kier molecular flexibility index (Phi) is 8.32. The van der Waals surface area contributed by atoms with E-state index in [1.165, 1.54) is 0 Å². The predicted octanol–water partition coefficient (Wildman–Crippen LogP) is 2.71. The standard InChI is InChI=1S/C19H27N5OS/c1-3-24(10-5-9-20)17-8-7-16(15(2)12-17)13-22-23-19(26)21-14-18-6-4-11-25-18/h7-8,12-13,18H,3-6,10-11,14H2,1-2H3,(H2,21,23,26)/b22-13-/t18-/m1/s1. The lowest BCUT2D eigenvalue weighted by Crippen LogP contribution is -2.37. The van der Waals surface area contributed by atoms with Crippen LogP contribution in [0.4, 0.5) is 5.69 Å². The zero-order valence-electron chi connectivity index (χ0n) is 15.5. The van der Waals surface area contributed by atoms with Crippen LogP contribution in [0.5, 0.6) is 0 Å². The number of hydrogen-bond acceptors (Lipinski definition) is 5. The zero-order chi connectivity index (χ0) is 18.8. The molecule has 0 aliphatic carbocycles. The van der Waals surface area contributed by atoms with Crippen LogP contribution in [0.15, 0.2) is 23.3 Å². The third-order valence-corrected chi connectivity index (χ3v) is 4.61. The topological polar surface area (TPSA) is 72.7 Å². The first kappa shape index (κ1) is 20.1. The smallest absolute Gasteiger partial charge is 0.187 e. The van der Waals surface area contributed by atoms with Gasteiger partial charge in [0.05, 0.1) is 24.8 Å². The van der Waals surface area contributed by atoms with E-state index >= 15 is 0 Å². The summed E-state index contributed by atoms with van der Waals surface area (Å²) in [5.74, 6) is 0. The molecule has 0 aromatic heterocycles. The van der Waals surface area contributed by atoms with Gasteiger partial charge in [-0.3, -0.25) is 5.43 Å². The van der Waals surface area contributed by atoms with Crippen LogP contribution in [-0.4, -0.2) is 43.7 Å². The van der Waals surface area contributed by atoms with Gasteiger partial charge in [0.25, 0.3) is 0 Å². The molecular weight excluding hydrogens is 346 g/mol. The fraction of sp³-hybridized carbons (Fsp3) is 0.526. The minimum absolute atomic E-state index is 0.246. The molecular formula is C19H27N5OS. The molecule has 1 aromatic carbocycles. The van der Waals surface area contributed by atoms with Crippen LogP contribution < -0.4 is 15.6 Å². The molecule has 0 spiro atoms. The first-order valence-corrected chi connectivity index (χ1v) is 9.46. The first-order valence-electron chi connectivity index (χ1n) is 9.05. The van der Waals surface area contributed by atoms with Gasteiger partial charge in [-0.25, -0.2) is 0 Å². The van der Waals surface area contributed by atoms with E-state index in [9.17, 15) is 0 Å². The molecule has 1 aromatic rings. The van der Waals surface area contributed by atoms with Crippen molar-refractivity contribution in [3.8, 4) is 6.07 Å². The summed E-state index contributed by atoms with van der Waals surface area (Å²) in [6, 6.07) is 8.41. The summed E-state index contributed by atoms with van der Waals surface area (Å²) >= 11 is 5.22. The summed E-state index contributed by atoms with van der Waals surface area (Å²) < 4.78 is 5.55. The number of nitrogens with one attached hydrogen (secondary N) is 2. The average molecular weight is 374 g/mol. The Morgan fingerprint density at radius 1 is 1.54 bits per heavy atom. The predicted molar refractivity (Wildman–Crippen MR) is 110 cm³/mol. The fourth-order valence-corrected chi connectivity index (χ4v) is 3.00. The minimum atomic E-state index is 0.246. The molecule has 1 atom stereocenters. The lowest BCUT2D eigenvalue weighted by molar-refractivity contribution is 0.114. The van der Waals surface area contributed by atoms with Crippen molar-refractivity contribution in [1.29, 1.82) is 5.26 Å². The van der Waals surface area contributed by atoms with Gasteiger partial charge >= 0.3 is 0 Å². The number of hydrogen-bond donors (Lipinski definition) is 2. The van der Waals surface area contributed by atoms with Crippen molar-refractivity contribution >= 4 is 29.2 Å². The van der Waals surface area contributed by atoms with E-state index in [0.717, 1.165) is 49.4 Å². The second kappa shape index (κ2) is 10.7. The third kappa shape index (κ3) is 6.28. The monoisotopic (exact) mass is 373 g/mol. The molecule has 6 nitrogen and oxygen atoms in total. The van der Waals surface area contributed by atoms with E-state index in [-0.39, 0.29) is 6.10 Å². The van der Waals surface area contributed by atoms with Gasteiger partial charge in [0, 0.05) is 31.9 Å². The molecule has 26 heavy (non-hydrogen) atoms. The molecule has 1 fully saturated rings. The maximum atomic E-state index is 8.77. The number of thiocarbonyl (C=S) groups is 1. The summed E-state index contributed by atoms with van der Waals surface area (Å²) in [5, 5.41) is 16.6. The quantitative estimate of drug-likeness (QED) is 0.415. The van der Waals surface area contributed by atoms with Crippen molar-refractivity contribution in [3.63, 3.8) is 0 Å². The van der Waals surface area contributed by atoms with Gasteiger partial charge in [-0.1, -0.05) is 6.07 Å². The Labute approximate surface area is 161 Å². The minimum Gasteiger partial charge on any atom is -0.376 e. The van der Waals surface area contributed by atoms with Crippen molar-refractivity contribution < 1.29 is 4.74 Å². The van der Waals surface area contributed by atoms with Crippen molar-refractivity contribution in [2.75, 3.05) is 31.1 Å². The van der Waals surface area contributed by atoms with Crippen LogP contribution in [0.25, 0.3) is 0 Å². The van der Waals surface area contributed by atoms with Crippen LogP contribution >= 0.6 is 12.2 Å². The first-order chi connectivity index (χ1) is 12.6. The van der Waals surface area contributed by atoms with E-state index in [2.05, 4.69) is 52.8 Å². The lowest BCUT2D eigenvalue weighted by Gasteiger charge is -2.22. The largest absolute Gasteiger partial charge is 0.376 e. The highest BCUT2D eigenvalue weighted by Crippen LogP contribution is 2.18. The van der Waals surface area contributed by atoms with E-state index in [1.807, 2.05) is 6.07 Å². The SMILES string of the molecule is CCN(CCC#N)c1ccc(/C=N\NC(=S)NC[C@H]2CCCO2)c(C)c1. The van der Waals surface area contributed by atoms with Gasteiger partial charge in [-0.15, -0.1) is 0 Å². The maximum Gasteiger partial charge on any atom is 0.187 e. The summed E-state index contributed by atoms with van der Waals surface area (Å²) in [5.41, 5.74) is 6.12. The lowest BCUT2D eigenvalue weighted by atomic mass is 10.1. The summed E-state index contributed by atoms with van der Waals surface area (Å²) in [7, 11) is 0. The molecule has 0 amide bonds. The molecule has 7 heteroatoms. The number of ether oxygens (including phenoxy) is 1. The third-order valence-electron chi connectivity index (χ3n) is 4.38. The van der Waals surface area contributed by atoms with Crippen molar-refractivity contribution in [1.82, 2.24) is 10.7 Å². The van der Waals surface area contributed by atoms with Gasteiger partial charge in [0.2, 0.25) is 0 Å². The average Bonchev–Trinajstić information content (AvgIpc) is 3.16. The molecule has 1 saturated heterocycles. The normalized spacial score (nSPS) is 16.4. The second-order valence-electron chi connectivity index (χ2n) is 6.24. The Balaban J connectivity index is 1.85. The highest BCUT2D eigenvalue weighted by atomic mass is 32.1. The molecule has 2 N–H and O–H groups in total. The number of hydrazone groups is 1. The van der Waals surface area contributed by atoms with Crippen molar-refractivity contribution in [2.24, 2.45) is 5.10 Å². The molecule has 1 heterocycles. The van der Waals surface area contributed by atoms with E-state index in [0.29, 0.717) is 18.1 Å². The van der Waals surface area contributed by atoms with E-state index < -0.39 is 0 Å². The number of anilines is 1. The molecule has 1 aliphatic rings. The van der Waals surface area contributed by atoms with Crippen molar-refractivity contribution in [2.45, 2.75) is 39.2 Å².